The number of aryl methyl sites for hydroxylation is 2. The second-order valence-corrected chi connectivity index (χ2v) is 12.7. The Labute approximate surface area is 261 Å². The van der Waals surface area contributed by atoms with Gasteiger partial charge in [0.2, 0.25) is 5.91 Å². The van der Waals surface area contributed by atoms with Gasteiger partial charge in [-0.05, 0) is 91.1 Å². The van der Waals surface area contributed by atoms with Crippen molar-refractivity contribution in [2.45, 2.75) is 49.6 Å². The van der Waals surface area contributed by atoms with Gasteiger partial charge in [-0.1, -0.05) is 17.3 Å². The van der Waals surface area contributed by atoms with Crippen LogP contribution in [0.5, 0.6) is 0 Å². The molecule has 0 spiro atoms. The molecule has 0 radical (unpaired) electrons. The van der Waals surface area contributed by atoms with Crippen molar-refractivity contribution >= 4 is 17.7 Å². The highest BCUT2D eigenvalue weighted by atomic mass is 16.5. The van der Waals surface area contributed by atoms with E-state index >= 15 is 0 Å². The first kappa shape index (κ1) is 30.3. The highest BCUT2D eigenvalue weighted by Gasteiger charge is 2.54. The van der Waals surface area contributed by atoms with Crippen LogP contribution in [0.25, 0.3) is 0 Å². The number of likely N-dealkylation sites (tertiary alicyclic amines) is 1. The van der Waals surface area contributed by atoms with Crippen LogP contribution in [-0.2, 0) is 23.1 Å². The fourth-order valence-electron chi connectivity index (χ4n) is 7.18. The third-order valence-electron chi connectivity index (χ3n) is 9.44. The van der Waals surface area contributed by atoms with Crippen molar-refractivity contribution in [3.8, 4) is 6.07 Å². The van der Waals surface area contributed by atoms with Gasteiger partial charge in [-0.3, -0.25) is 23.9 Å². The predicted molar refractivity (Wildman–Crippen MR) is 164 cm³/mol. The fraction of sp³-hybridized carbons (Fsp3) is 0.455. The minimum Gasteiger partial charge on any atom is -0.345 e. The first-order valence-electron chi connectivity index (χ1n) is 15.2. The lowest BCUT2D eigenvalue weighted by Crippen LogP contribution is -2.44. The number of nitriles is 1. The normalized spacial score (nSPS) is 20.7. The largest absolute Gasteiger partial charge is 0.438 e. The number of carbonyl (C=O) groups is 3. The summed E-state index contributed by atoms with van der Waals surface area (Å²) in [6.07, 6.45) is 3.23. The minimum absolute atomic E-state index is 0.0685. The van der Waals surface area contributed by atoms with Crippen molar-refractivity contribution in [1.29, 1.82) is 5.26 Å². The molecule has 6 rings (SSSR count). The molecule has 2 N–H and O–H groups in total. The van der Waals surface area contributed by atoms with E-state index < -0.39 is 11.2 Å². The molecule has 3 amide bonds. The zero-order valence-electron chi connectivity index (χ0n) is 25.9. The van der Waals surface area contributed by atoms with Crippen LogP contribution in [0.15, 0.2) is 45.7 Å². The van der Waals surface area contributed by atoms with Crippen LogP contribution in [0, 0.1) is 17.2 Å². The number of rotatable bonds is 8. The van der Waals surface area contributed by atoms with Crippen LogP contribution >= 0.6 is 0 Å². The summed E-state index contributed by atoms with van der Waals surface area (Å²) >= 11 is 0. The topological polar surface area (TPSA) is 156 Å². The number of nitrogens with one attached hydrogen (secondary N) is 2. The Hall–Kier alpha value is -4.76. The SMILES string of the molecule is CN(C)C(=O)c1ccc2c(c1)CCc1cc(C(=O)N(C)C)ccc1C2(CCNCC(=O)N1[C@H](C#N)C[C@@H]2C[C@@H]21)c1noc(=O)[nH]1. The predicted octanol–water partition coefficient (Wildman–Crippen LogP) is 1.69. The molecule has 45 heavy (non-hydrogen) atoms. The molecule has 0 bridgehead atoms. The van der Waals surface area contributed by atoms with Gasteiger partial charge in [0.25, 0.3) is 11.8 Å². The monoisotopic (exact) mass is 611 g/mol. The lowest BCUT2D eigenvalue weighted by atomic mass is 9.69. The number of H-pyrrole nitrogens is 1. The molecular weight excluding hydrogens is 574 g/mol. The number of fused-ring (bicyclic) bond motifs is 3. The Balaban J connectivity index is 1.41. The second kappa shape index (κ2) is 11.6. The van der Waals surface area contributed by atoms with Gasteiger partial charge in [-0.15, -0.1) is 0 Å². The highest BCUT2D eigenvalue weighted by molar-refractivity contribution is 5.95. The summed E-state index contributed by atoms with van der Waals surface area (Å²) in [6, 6.07) is 13.2. The maximum atomic E-state index is 13.2. The molecule has 2 heterocycles. The molecule has 12 heteroatoms. The Morgan fingerprint density at radius 3 is 2.13 bits per heavy atom. The van der Waals surface area contributed by atoms with E-state index in [2.05, 4.69) is 21.5 Å². The number of hydrogen-bond donors (Lipinski definition) is 2. The molecular formula is C33H37N7O5. The van der Waals surface area contributed by atoms with Crippen molar-refractivity contribution in [1.82, 2.24) is 30.2 Å². The van der Waals surface area contributed by atoms with Crippen molar-refractivity contribution in [2.24, 2.45) is 5.92 Å². The molecule has 1 saturated carbocycles. The highest BCUT2D eigenvalue weighted by Crippen LogP contribution is 2.48. The molecule has 2 aromatic carbocycles. The van der Waals surface area contributed by atoms with Crippen LogP contribution in [0.4, 0.5) is 0 Å². The average Bonchev–Trinajstić information content (AvgIpc) is 3.52. The molecule has 1 saturated heterocycles. The van der Waals surface area contributed by atoms with Crippen LogP contribution in [-0.4, -0.2) is 95.9 Å². The molecule has 12 nitrogen and oxygen atoms in total. The van der Waals surface area contributed by atoms with Gasteiger partial charge in [-0.25, -0.2) is 4.79 Å². The molecule has 3 aliphatic rings. The van der Waals surface area contributed by atoms with Crippen molar-refractivity contribution in [2.75, 3.05) is 41.3 Å². The Morgan fingerprint density at radius 1 is 1.02 bits per heavy atom. The third kappa shape index (κ3) is 5.31. The number of aromatic amines is 1. The summed E-state index contributed by atoms with van der Waals surface area (Å²) in [5.41, 5.74) is 3.57. The number of benzene rings is 2. The van der Waals surface area contributed by atoms with Crippen molar-refractivity contribution in [3.05, 3.63) is 86.2 Å². The second-order valence-electron chi connectivity index (χ2n) is 12.7. The Kier molecular flexibility index (Phi) is 7.82. The van der Waals surface area contributed by atoms with E-state index in [9.17, 15) is 24.4 Å². The number of piperidine rings is 1. The van der Waals surface area contributed by atoms with Crippen LogP contribution < -0.4 is 11.1 Å². The first-order valence-corrected chi connectivity index (χ1v) is 15.2. The maximum Gasteiger partial charge on any atom is 0.438 e. The molecule has 1 aromatic heterocycles. The van der Waals surface area contributed by atoms with Crippen LogP contribution in [0.3, 0.4) is 0 Å². The molecule has 2 fully saturated rings. The van der Waals surface area contributed by atoms with E-state index in [1.807, 2.05) is 24.3 Å². The quantitative estimate of drug-likeness (QED) is 0.365. The smallest absolute Gasteiger partial charge is 0.345 e. The lowest BCUT2D eigenvalue weighted by molar-refractivity contribution is -0.131. The van der Waals surface area contributed by atoms with Gasteiger partial charge in [0.05, 0.1) is 18.0 Å². The number of hydrogen-bond acceptors (Lipinski definition) is 8. The van der Waals surface area contributed by atoms with Gasteiger partial charge in [0.1, 0.15) is 6.04 Å². The van der Waals surface area contributed by atoms with Gasteiger partial charge >= 0.3 is 5.76 Å². The standard InChI is InChI=1S/C33H37N7O5/c1-38(2)29(42)21-7-9-25-19(13-21)5-6-20-14-22(30(43)39(3)4)8-10-26(20)33(25,31-36-32(44)45-37-31)11-12-35-18-28(41)40-24(17-34)15-23-16-27(23)40/h7-10,13-14,23-24,27,35H,5-6,11-12,15-16,18H2,1-4H3,(H,36,37,44)/t23-,24+,27+/m1/s1. The third-order valence-corrected chi connectivity index (χ3v) is 9.44. The first-order chi connectivity index (χ1) is 21.5. The molecule has 234 valence electrons. The number of nitrogens with zero attached hydrogens (tertiary/aromatic N) is 5. The molecule has 1 aliphatic heterocycles. The number of aromatic nitrogens is 2. The van der Waals surface area contributed by atoms with Gasteiger partial charge in [0.15, 0.2) is 5.82 Å². The summed E-state index contributed by atoms with van der Waals surface area (Å²) in [5.74, 6) is -0.333. The van der Waals surface area contributed by atoms with E-state index in [4.69, 9.17) is 4.52 Å². The Bertz CT molecular complexity index is 1700. The van der Waals surface area contributed by atoms with E-state index in [1.54, 1.807) is 45.2 Å². The number of amides is 3. The summed E-state index contributed by atoms with van der Waals surface area (Å²) < 4.78 is 5.06. The van der Waals surface area contributed by atoms with Crippen molar-refractivity contribution in [3.63, 3.8) is 0 Å². The zero-order valence-corrected chi connectivity index (χ0v) is 25.9. The summed E-state index contributed by atoms with van der Waals surface area (Å²) in [6.45, 7) is 0.425. The lowest BCUT2D eigenvalue weighted by Gasteiger charge is -2.35. The fourth-order valence-corrected chi connectivity index (χ4v) is 7.18. The van der Waals surface area contributed by atoms with E-state index in [0.717, 1.165) is 35.1 Å². The van der Waals surface area contributed by atoms with Gasteiger partial charge in [0, 0.05) is 45.4 Å². The number of carbonyl (C=O) groups excluding carboxylic acids is 3. The van der Waals surface area contributed by atoms with E-state index in [-0.39, 0.29) is 36.3 Å². The minimum atomic E-state index is -1.03. The average molecular weight is 612 g/mol. The maximum absolute atomic E-state index is 13.2. The van der Waals surface area contributed by atoms with Gasteiger partial charge < -0.3 is 20.0 Å². The summed E-state index contributed by atoms with van der Waals surface area (Å²) in [4.78, 5) is 59.1. The van der Waals surface area contributed by atoms with Crippen LogP contribution in [0.1, 0.15) is 68.1 Å². The summed E-state index contributed by atoms with van der Waals surface area (Å²) in [5, 5.41) is 17.0. The Morgan fingerprint density at radius 2 is 1.62 bits per heavy atom. The molecule has 3 atom stereocenters. The van der Waals surface area contributed by atoms with E-state index in [0.29, 0.717) is 48.7 Å². The van der Waals surface area contributed by atoms with Crippen LogP contribution in [0.2, 0.25) is 0 Å². The molecule has 0 unspecified atom stereocenters. The summed E-state index contributed by atoms with van der Waals surface area (Å²) in [7, 11) is 6.81. The van der Waals surface area contributed by atoms with Gasteiger partial charge in [-0.2, -0.15) is 5.26 Å². The van der Waals surface area contributed by atoms with Crippen molar-refractivity contribution < 1.29 is 18.9 Å². The molecule has 2 aliphatic carbocycles. The van der Waals surface area contributed by atoms with E-state index in [1.165, 1.54) is 9.80 Å². The zero-order chi connectivity index (χ0) is 32.0. The molecule has 3 aromatic rings.